The Morgan fingerprint density at radius 1 is 1.09 bits per heavy atom. The molecular weight excluding hydrogens is 298 g/mol. The number of nitrogens with one attached hydrogen (secondary N) is 1. The van der Waals surface area contributed by atoms with Crippen LogP contribution in [0, 0.1) is 0 Å². The Morgan fingerprint density at radius 2 is 1.91 bits per heavy atom. The Bertz CT molecular complexity index is 854. The van der Waals surface area contributed by atoms with Crippen LogP contribution in [0.15, 0.2) is 53.9 Å². The van der Waals surface area contributed by atoms with Crippen molar-refractivity contribution in [2.24, 2.45) is 0 Å². The molecule has 0 aliphatic heterocycles. The third kappa shape index (κ3) is 2.84. The van der Waals surface area contributed by atoms with Crippen LogP contribution in [0.4, 0.5) is 0 Å². The maximum atomic E-state index is 12.3. The van der Waals surface area contributed by atoms with Gasteiger partial charge in [-0.2, -0.15) is 0 Å². The molecule has 1 amide bonds. The Kier molecular flexibility index (Phi) is 3.89. The Morgan fingerprint density at radius 3 is 2.73 bits per heavy atom. The predicted octanol–water partition coefficient (Wildman–Crippen LogP) is 3.11. The molecule has 2 aromatic carbocycles. The zero-order valence-electron chi connectivity index (χ0n) is 11.6. The summed E-state index contributed by atoms with van der Waals surface area (Å²) in [4.78, 5) is 24.3. The second kappa shape index (κ2) is 5.99. The number of rotatable bonds is 4. The molecule has 0 unspecified atom stereocenters. The molecule has 0 bridgehead atoms. The Labute approximate surface area is 131 Å². The van der Waals surface area contributed by atoms with Crippen LogP contribution in [-0.2, 0) is 11.3 Å². The van der Waals surface area contributed by atoms with Crippen molar-refractivity contribution in [2.75, 3.05) is 0 Å². The van der Waals surface area contributed by atoms with Crippen molar-refractivity contribution in [3.63, 3.8) is 0 Å². The second-order valence-electron chi connectivity index (χ2n) is 4.83. The molecular formula is C17H13NO3S. The van der Waals surface area contributed by atoms with Gasteiger partial charge in [-0.25, -0.2) is 0 Å². The zero-order valence-corrected chi connectivity index (χ0v) is 12.4. The number of ketones is 1. The molecule has 0 aliphatic rings. The lowest BCUT2D eigenvalue weighted by Gasteiger charge is -2.05. The van der Waals surface area contributed by atoms with E-state index in [1.54, 1.807) is 29.6 Å². The first-order chi connectivity index (χ1) is 10.6. The summed E-state index contributed by atoms with van der Waals surface area (Å²) in [5.41, 5.74) is 1.16. The van der Waals surface area contributed by atoms with E-state index < -0.39 is 11.7 Å². The Hall–Kier alpha value is -2.66. The first-order valence-corrected chi connectivity index (χ1v) is 7.60. The van der Waals surface area contributed by atoms with Gasteiger partial charge in [0.25, 0.3) is 11.7 Å². The van der Waals surface area contributed by atoms with E-state index in [-0.39, 0.29) is 12.3 Å². The molecule has 0 saturated heterocycles. The summed E-state index contributed by atoms with van der Waals surface area (Å²) in [7, 11) is 0. The van der Waals surface area contributed by atoms with Crippen molar-refractivity contribution in [1.82, 2.24) is 5.32 Å². The van der Waals surface area contributed by atoms with Gasteiger partial charge < -0.3 is 10.4 Å². The maximum Gasteiger partial charge on any atom is 0.292 e. The molecule has 0 saturated carbocycles. The molecule has 2 N–H and O–H groups in total. The van der Waals surface area contributed by atoms with Gasteiger partial charge in [-0.3, -0.25) is 9.59 Å². The average molecular weight is 311 g/mol. The van der Waals surface area contributed by atoms with Crippen molar-refractivity contribution in [2.45, 2.75) is 6.54 Å². The standard InChI is InChI=1S/C17H13NO3S/c19-12-5-3-4-11(8-12)9-18-17(21)16(20)14-10-22-15-7-2-1-6-13(14)15/h1-8,10,19H,9H2,(H,18,21). The highest BCUT2D eigenvalue weighted by molar-refractivity contribution is 7.17. The summed E-state index contributed by atoms with van der Waals surface area (Å²) in [6, 6.07) is 14.0. The molecule has 4 nitrogen and oxygen atoms in total. The summed E-state index contributed by atoms with van der Waals surface area (Å²) in [5, 5.41) is 14.5. The summed E-state index contributed by atoms with van der Waals surface area (Å²) < 4.78 is 0.978. The molecule has 1 heterocycles. The first-order valence-electron chi connectivity index (χ1n) is 6.72. The second-order valence-corrected chi connectivity index (χ2v) is 5.74. The summed E-state index contributed by atoms with van der Waals surface area (Å²) in [5.74, 6) is -1.06. The van der Waals surface area contributed by atoms with Crippen LogP contribution in [0.25, 0.3) is 10.1 Å². The number of hydrogen-bond donors (Lipinski definition) is 2. The molecule has 5 heteroatoms. The quantitative estimate of drug-likeness (QED) is 0.575. The molecule has 3 aromatic rings. The molecule has 0 aliphatic carbocycles. The van der Waals surface area contributed by atoms with Crippen LogP contribution < -0.4 is 5.32 Å². The number of benzene rings is 2. The van der Waals surface area contributed by atoms with E-state index in [2.05, 4.69) is 5.32 Å². The molecule has 0 radical (unpaired) electrons. The van der Waals surface area contributed by atoms with Gasteiger partial charge in [-0.15, -0.1) is 11.3 Å². The van der Waals surface area contributed by atoms with Crippen LogP contribution in [-0.4, -0.2) is 16.8 Å². The van der Waals surface area contributed by atoms with Crippen molar-refractivity contribution >= 4 is 33.1 Å². The molecule has 1 aromatic heterocycles. The number of hydrogen-bond acceptors (Lipinski definition) is 4. The third-order valence-electron chi connectivity index (χ3n) is 3.30. The minimum absolute atomic E-state index is 0.127. The van der Waals surface area contributed by atoms with Crippen molar-refractivity contribution < 1.29 is 14.7 Å². The van der Waals surface area contributed by atoms with Gasteiger partial charge in [0, 0.05) is 27.6 Å². The minimum Gasteiger partial charge on any atom is -0.508 e. The maximum absolute atomic E-state index is 12.3. The normalized spacial score (nSPS) is 10.5. The topological polar surface area (TPSA) is 66.4 Å². The van der Waals surface area contributed by atoms with Gasteiger partial charge in [-0.05, 0) is 23.8 Å². The van der Waals surface area contributed by atoms with E-state index in [0.29, 0.717) is 5.56 Å². The highest BCUT2D eigenvalue weighted by Crippen LogP contribution is 2.25. The van der Waals surface area contributed by atoms with Crippen LogP contribution in [0.5, 0.6) is 5.75 Å². The molecule has 0 fully saturated rings. The monoisotopic (exact) mass is 311 g/mol. The number of phenols is 1. The summed E-state index contributed by atoms with van der Waals surface area (Å²) >= 11 is 1.44. The van der Waals surface area contributed by atoms with Gasteiger partial charge >= 0.3 is 0 Å². The van der Waals surface area contributed by atoms with Gasteiger partial charge in [-0.1, -0.05) is 30.3 Å². The lowest BCUT2D eigenvalue weighted by Crippen LogP contribution is -2.30. The SMILES string of the molecule is O=C(NCc1cccc(O)c1)C(=O)c1csc2ccccc12. The van der Waals surface area contributed by atoms with Crippen LogP contribution in [0.3, 0.4) is 0 Å². The number of fused-ring (bicyclic) bond motifs is 1. The predicted molar refractivity (Wildman–Crippen MR) is 86.1 cm³/mol. The number of Topliss-reactive ketones (excluding diaryl/α,β-unsaturated/α-hetero) is 1. The molecule has 3 rings (SSSR count). The van der Waals surface area contributed by atoms with Gasteiger partial charge in [0.1, 0.15) is 5.75 Å². The van der Waals surface area contributed by atoms with Crippen molar-refractivity contribution in [3.8, 4) is 5.75 Å². The summed E-state index contributed by atoms with van der Waals surface area (Å²) in [6.07, 6.45) is 0. The van der Waals surface area contributed by atoms with E-state index in [9.17, 15) is 14.7 Å². The number of amides is 1. The average Bonchev–Trinajstić information content (AvgIpc) is 2.96. The largest absolute Gasteiger partial charge is 0.508 e. The first kappa shape index (κ1) is 14.3. The van der Waals surface area contributed by atoms with Crippen LogP contribution in [0.1, 0.15) is 15.9 Å². The highest BCUT2D eigenvalue weighted by Gasteiger charge is 2.19. The van der Waals surface area contributed by atoms with Crippen molar-refractivity contribution in [3.05, 3.63) is 65.0 Å². The molecule has 0 spiro atoms. The van der Waals surface area contributed by atoms with E-state index in [1.165, 1.54) is 11.3 Å². The van der Waals surface area contributed by atoms with E-state index in [4.69, 9.17) is 0 Å². The fourth-order valence-corrected chi connectivity index (χ4v) is 3.15. The highest BCUT2D eigenvalue weighted by atomic mass is 32.1. The molecule has 110 valence electrons. The fourth-order valence-electron chi connectivity index (χ4n) is 2.21. The fraction of sp³-hybridized carbons (Fsp3) is 0.0588. The number of phenolic OH excluding ortho intramolecular Hbond substituents is 1. The van der Waals surface area contributed by atoms with E-state index in [1.807, 2.05) is 24.3 Å². The smallest absolute Gasteiger partial charge is 0.292 e. The lowest BCUT2D eigenvalue weighted by atomic mass is 10.1. The van der Waals surface area contributed by atoms with Gasteiger partial charge in [0.15, 0.2) is 0 Å². The molecule has 0 atom stereocenters. The summed E-state index contributed by atoms with van der Waals surface area (Å²) in [6.45, 7) is 0.195. The van der Waals surface area contributed by atoms with E-state index >= 15 is 0 Å². The van der Waals surface area contributed by atoms with Crippen LogP contribution in [0.2, 0.25) is 0 Å². The molecule has 22 heavy (non-hydrogen) atoms. The third-order valence-corrected chi connectivity index (χ3v) is 4.26. The number of aromatic hydroxyl groups is 1. The lowest BCUT2D eigenvalue weighted by molar-refractivity contribution is -0.117. The number of carbonyl (C=O) groups excluding carboxylic acids is 2. The van der Waals surface area contributed by atoms with E-state index in [0.717, 1.165) is 15.6 Å². The van der Waals surface area contributed by atoms with Crippen molar-refractivity contribution in [1.29, 1.82) is 0 Å². The van der Waals surface area contributed by atoms with Crippen LogP contribution >= 0.6 is 11.3 Å². The zero-order chi connectivity index (χ0) is 15.5. The number of carbonyl (C=O) groups is 2. The van der Waals surface area contributed by atoms with Gasteiger partial charge in [0.2, 0.25) is 0 Å². The van der Waals surface area contributed by atoms with Gasteiger partial charge in [0.05, 0.1) is 0 Å². The number of thiophene rings is 1. The Balaban J connectivity index is 1.73. The minimum atomic E-state index is -0.646.